The van der Waals surface area contributed by atoms with Crippen LogP contribution in [-0.4, -0.2) is 23.1 Å². The summed E-state index contributed by atoms with van der Waals surface area (Å²) in [6.45, 7) is 2.51. The summed E-state index contributed by atoms with van der Waals surface area (Å²) < 4.78 is 0. The minimum atomic E-state index is -0.553. The Hall–Kier alpha value is -1.73. The number of hydrogen-bond donors (Lipinski definition) is 1. The summed E-state index contributed by atoms with van der Waals surface area (Å²) in [5, 5.41) is 0. The van der Waals surface area contributed by atoms with Gasteiger partial charge in [-0.1, -0.05) is 0 Å². The van der Waals surface area contributed by atoms with Gasteiger partial charge < -0.3 is 11.5 Å². The SMILES string of the molecule is CC(=O)CC(=O)C=C([NH-])C(N)=CC(=O)CC(C)=O.[Co]. The van der Waals surface area contributed by atoms with Gasteiger partial charge in [-0.25, -0.2) is 0 Å². The monoisotopic (exact) mass is 310 g/mol. The molecule has 0 aliphatic carbocycles. The van der Waals surface area contributed by atoms with Crippen LogP contribution in [0, 0.1) is 0 Å². The predicted octanol–water partition coefficient (Wildman–Crippen LogP) is 0.859. The van der Waals surface area contributed by atoms with Crippen molar-refractivity contribution in [1.82, 2.24) is 0 Å². The summed E-state index contributed by atoms with van der Waals surface area (Å²) in [4.78, 5) is 43.7. The molecular weight excluding hydrogens is 295 g/mol. The van der Waals surface area contributed by atoms with Crippen molar-refractivity contribution < 1.29 is 36.0 Å². The smallest absolute Gasteiger partial charge is 0.165 e. The van der Waals surface area contributed by atoms with E-state index in [1.165, 1.54) is 13.8 Å². The van der Waals surface area contributed by atoms with Gasteiger partial charge in [-0.3, -0.25) is 19.2 Å². The molecule has 0 fully saturated rings. The molecule has 0 unspecified atom stereocenters. The second-order valence-corrected chi connectivity index (χ2v) is 3.85. The first-order valence-corrected chi connectivity index (χ1v) is 5.17. The van der Waals surface area contributed by atoms with E-state index in [1.807, 2.05) is 0 Å². The Balaban J connectivity index is 0. The molecule has 7 heteroatoms. The molecule has 0 aromatic heterocycles. The molecule has 0 bridgehead atoms. The molecule has 0 spiro atoms. The third-order valence-electron chi connectivity index (χ3n) is 1.78. The zero-order valence-corrected chi connectivity index (χ0v) is 11.7. The minimum Gasteiger partial charge on any atom is -0.697 e. The average molecular weight is 310 g/mol. The van der Waals surface area contributed by atoms with Crippen LogP contribution in [0.2, 0.25) is 0 Å². The molecule has 0 aliphatic heterocycles. The Morgan fingerprint density at radius 2 is 1.32 bits per heavy atom. The topological polar surface area (TPSA) is 118 Å². The summed E-state index contributed by atoms with van der Waals surface area (Å²) in [6.07, 6.45) is 1.21. The van der Waals surface area contributed by atoms with Crippen LogP contribution >= 0.6 is 0 Å². The van der Waals surface area contributed by atoms with Crippen molar-refractivity contribution in [2.24, 2.45) is 5.73 Å². The molecule has 0 rings (SSSR count). The van der Waals surface area contributed by atoms with E-state index in [0.29, 0.717) is 0 Å². The molecule has 107 valence electrons. The number of carbonyl (C=O) groups excluding carboxylic acids is 4. The molecule has 0 aromatic carbocycles. The molecule has 0 amide bonds. The van der Waals surface area contributed by atoms with E-state index >= 15 is 0 Å². The van der Waals surface area contributed by atoms with E-state index in [-0.39, 0.29) is 52.6 Å². The number of nitrogens with one attached hydrogen (secondary N) is 1. The van der Waals surface area contributed by atoms with Gasteiger partial charge in [-0.15, -0.1) is 5.70 Å². The maximum atomic E-state index is 11.2. The van der Waals surface area contributed by atoms with Crippen molar-refractivity contribution >= 4 is 23.1 Å². The second-order valence-electron chi connectivity index (χ2n) is 3.85. The van der Waals surface area contributed by atoms with Crippen LogP contribution in [0.5, 0.6) is 0 Å². The van der Waals surface area contributed by atoms with Crippen molar-refractivity contribution in [2.75, 3.05) is 0 Å². The standard InChI is InChI=1S/C12H16N2O4.Co/c1-7(15)3-9(17)5-11(13)12(14)6-10(18)4-8(2)16;/h5-6H,3-4H2,1-2H3,(H4,13,14,17,18);/p-1. The molecule has 0 heterocycles. The maximum absolute atomic E-state index is 11.2. The van der Waals surface area contributed by atoms with E-state index in [9.17, 15) is 19.2 Å². The summed E-state index contributed by atoms with van der Waals surface area (Å²) in [5.41, 5.74) is 12.3. The number of hydrogen-bond acceptors (Lipinski definition) is 5. The molecule has 6 nitrogen and oxygen atoms in total. The van der Waals surface area contributed by atoms with Crippen LogP contribution in [-0.2, 0) is 36.0 Å². The van der Waals surface area contributed by atoms with Crippen LogP contribution in [0.25, 0.3) is 5.73 Å². The van der Waals surface area contributed by atoms with Crippen LogP contribution < -0.4 is 5.73 Å². The van der Waals surface area contributed by atoms with Gasteiger partial charge >= 0.3 is 0 Å². The Kier molecular flexibility index (Phi) is 9.52. The van der Waals surface area contributed by atoms with Crippen LogP contribution in [0.4, 0.5) is 0 Å². The zero-order chi connectivity index (χ0) is 14.3. The minimum absolute atomic E-state index is 0. The van der Waals surface area contributed by atoms with Crippen molar-refractivity contribution in [3.63, 3.8) is 0 Å². The second kappa shape index (κ2) is 9.23. The first kappa shape index (κ1) is 19.6. The zero-order valence-electron chi connectivity index (χ0n) is 10.6. The van der Waals surface area contributed by atoms with Crippen molar-refractivity contribution in [3.8, 4) is 0 Å². The normalized spacial score (nSPS) is 11.5. The Labute approximate surface area is 121 Å². The molecule has 0 saturated heterocycles. The fraction of sp³-hybridized carbons (Fsp3) is 0.333. The molecular formula is C12H15CoN2O4-. The van der Waals surface area contributed by atoms with Gasteiger partial charge in [0, 0.05) is 28.6 Å². The summed E-state index contributed by atoms with van der Waals surface area (Å²) >= 11 is 0. The summed E-state index contributed by atoms with van der Waals surface area (Å²) in [5.74, 6) is -1.72. The molecule has 0 aliphatic rings. The average Bonchev–Trinajstić information content (AvgIpc) is 2.13. The van der Waals surface area contributed by atoms with Gasteiger partial charge in [0.15, 0.2) is 11.6 Å². The number of nitrogens with two attached hydrogens (primary N) is 1. The summed E-state index contributed by atoms with van der Waals surface area (Å²) in [7, 11) is 0. The number of carbonyl (C=O) groups is 4. The van der Waals surface area contributed by atoms with Crippen LogP contribution in [0.1, 0.15) is 26.7 Å². The van der Waals surface area contributed by atoms with Crippen molar-refractivity contribution in [1.29, 1.82) is 0 Å². The molecule has 1 radical (unpaired) electrons. The Morgan fingerprint density at radius 1 is 0.947 bits per heavy atom. The molecule has 0 saturated carbocycles. The molecule has 3 N–H and O–H groups in total. The predicted molar refractivity (Wildman–Crippen MR) is 65.3 cm³/mol. The van der Waals surface area contributed by atoms with Gasteiger partial charge in [0.25, 0.3) is 0 Å². The number of Topliss-reactive ketones (excluding diaryl/α,β-unsaturated/α-hetero) is 2. The van der Waals surface area contributed by atoms with Gasteiger partial charge in [0.05, 0.1) is 12.8 Å². The van der Waals surface area contributed by atoms with E-state index in [0.717, 1.165) is 12.2 Å². The molecule has 0 aromatic rings. The van der Waals surface area contributed by atoms with Gasteiger partial charge in [-0.05, 0) is 19.9 Å². The summed E-state index contributed by atoms with van der Waals surface area (Å²) in [6, 6.07) is 0. The quantitative estimate of drug-likeness (QED) is 0.425. The maximum Gasteiger partial charge on any atom is 0.165 e. The van der Waals surface area contributed by atoms with Crippen molar-refractivity contribution in [3.05, 3.63) is 29.3 Å². The van der Waals surface area contributed by atoms with E-state index in [1.54, 1.807) is 0 Å². The number of allylic oxidation sites excluding steroid dienone is 2. The third kappa shape index (κ3) is 9.92. The largest absolute Gasteiger partial charge is 0.697 e. The van der Waals surface area contributed by atoms with Crippen LogP contribution in [0.15, 0.2) is 23.5 Å². The van der Waals surface area contributed by atoms with Crippen molar-refractivity contribution in [2.45, 2.75) is 26.7 Å². The fourth-order valence-corrected chi connectivity index (χ4v) is 1.09. The van der Waals surface area contributed by atoms with E-state index in [2.05, 4.69) is 0 Å². The van der Waals surface area contributed by atoms with Crippen LogP contribution in [0.3, 0.4) is 0 Å². The van der Waals surface area contributed by atoms with Gasteiger partial charge in [-0.2, -0.15) is 0 Å². The fourth-order valence-electron chi connectivity index (χ4n) is 1.09. The third-order valence-corrected chi connectivity index (χ3v) is 1.78. The number of rotatable bonds is 7. The van der Waals surface area contributed by atoms with Gasteiger partial charge in [0.1, 0.15) is 11.6 Å². The van der Waals surface area contributed by atoms with E-state index in [4.69, 9.17) is 11.5 Å². The van der Waals surface area contributed by atoms with E-state index < -0.39 is 11.6 Å². The Morgan fingerprint density at radius 3 is 1.68 bits per heavy atom. The Bertz CT molecular complexity index is 411. The molecule has 0 atom stereocenters. The van der Waals surface area contributed by atoms with Gasteiger partial charge in [0.2, 0.25) is 0 Å². The first-order chi connectivity index (χ1) is 8.22. The number of ketones is 4. The molecule has 19 heavy (non-hydrogen) atoms. The first-order valence-electron chi connectivity index (χ1n) is 5.17.